The molecule has 0 saturated carbocycles. The highest BCUT2D eigenvalue weighted by atomic mass is 16.4. The van der Waals surface area contributed by atoms with Crippen LogP contribution in [0.5, 0.6) is 0 Å². The lowest BCUT2D eigenvalue weighted by Crippen LogP contribution is -2.17. The molecule has 1 heterocycles. The molecule has 0 aliphatic heterocycles. The van der Waals surface area contributed by atoms with E-state index in [0.29, 0.717) is 5.76 Å². The molecule has 1 aliphatic carbocycles. The average molecular weight is 203 g/mol. The summed E-state index contributed by atoms with van der Waals surface area (Å²) in [6, 6.07) is 0.103. The Balaban J connectivity index is 2.66. The third-order valence-electron chi connectivity index (χ3n) is 2.26. The van der Waals surface area contributed by atoms with Crippen LogP contribution in [0.15, 0.2) is 33.5 Å². The molecule has 0 amide bonds. The van der Waals surface area contributed by atoms with Gasteiger partial charge in [-0.25, -0.2) is 4.79 Å². The van der Waals surface area contributed by atoms with Gasteiger partial charge in [-0.2, -0.15) is 0 Å². The van der Waals surface area contributed by atoms with Gasteiger partial charge in [-0.15, -0.1) is 0 Å². The minimum absolute atomic E-state index is 0.103. The van der Waals surface area contributed by atoms with E-state index in [2.05, 4.69) is 0 Å². The predicted octanol–water partition coefficient (Wildman–Crippen LogP) is 2.62. The molecular weight excluding hydrogens is 190 g/mol. The summed E-state index contributed by atoms with van der Waals surface area (Å²) in [6.45, 7) is 3.92. The molecular formula is C12H13NO2. The first kappa shape index (κ1) is 9.77. The summed E-state index contributed by atoms with van der Waals surface area (Å²) >= 11 is 0. The fraction of sp³-hybridized carbons (Fsp3) is 0.250. The van der Waals surface area contributed by atoms with Crippen molar-refractivity contribution in [2.75, 3.05) is 0 Å². The van der Waals surface area contributed by atoms with Crippen LogP contribution in [-0.4, -0.2) is 4.57 Å². The smallest absolute Gasteiger partial charge is 0.408 e. The first-order chi connectivity index (χ1) is 7.20. The lowest BCUT2D eigenvalue weighted by molar-refractivity contribution is 0.452. The van der Waals surface area contributed by atoms with E-state index in [9.17, 15) is 4.79 Å². The molecule has 2 rings (SSSR count). The van der Waals surface area contributed by atoms with Gasteiger partial charge in [0.05, 0.1) is 5.69 Å². The molecule has 0 N–H and O–H groups in total. The fourth-order valence-electron chi connectivity index (χ4n) is 1.60. The molecule has 0 radical (unpaired) electrons. The van der Waals surface area contributed by atoms with Gasteiger partial charge >= 0.3 is 5.76 Å². The Morgan fingerprint density at radius 1 is 1.13 bits per heavy atom. The molecule has 1 aromatic heterocycles. The maximum Gasteiger partial charge on any atom is 0.420 e. The SMILES string of the molecule is CC(C)n1c2c(oc1=O)C=CC=CC=C2. The quantitative estimate of drug-likeness (QED) is 0.703. The maximum absolute atomic E-state index is 11.6. The molecule has 0 spiro atoms. The monoisotopic (exact) mass is 203 g/mol. The summed E-state index contributed by atoms with van der Waals surface area (Å²) in [4.78, 5) is 11.6. The molecule has 1 aromatic rings. The first-order valence-electron chi connectivity index (χ1n) is 4.97. The number of hydrogen-bond acceptors (Lipinski definition) is 2. The van der Waals surface area contributed by atoms with Crippen LogP contribution in [0.25, 0.3) is 12.2 Å². The van der Waals surface area contributed by atoms with Gasteiger partial charge in [0.1, 0.15) is 0 Å². The lowest BCUT2D eigenvalue weighted by atomic mass is 10.2. The Morgan fingerprint density at radius 2 is 1.80 bits per heavy atom. The highest BCUT2D eigenvalue weighted by Crippen LogP contribution is 2.17. The highest BCUT2D eigenvalue weighted by molar-refractivity contribution is 5.62. The van der Waals surface area contributed by atoms with Gasteiger partial charge in [-0.05, 0) is 26.0 Å². The van der Waals surface area contributed by atoms with Crippen molar-refractivity contribution in [3.8, 4) is 0 Å². The summed E-state index contributed by atoms with van der Waals surface area (Å²) in [5.41, 5.74) is 0.829. The predicted molar refractivity (Wildman–Crippen MR) is 60.6 cm³/mol. The number of nitrogens with zero attached hydrogens (tertiary/aromatic N) is 1. The zero-order valence-corrected chi connectivity index (χ0v) is 8.81. The summed E-state index contributed by atoms with van der Waals surface area (Å²) < 4.78 is 6.82. The van der Waals surface area contributed by atoms with Crippen molar-refractivity contribution in [3.05, 3.63) is 46.3 Å². The van der Waals surface area contributed by atoms with Crippen LogP contribution in [0.4, 0.5) is 0 Å². The van der Waals surface area contributed by atoms with Crippen molar-refractivity contribution in [3.63, 3.8) is 0 Å². The zero-order chi connectivity index (χ0) is 10.8. The van der Waals surface area contributed by atoms with E-state index in [1.54, 1.807) is 10.6 Å². The van der Waals surface area contributed by atoms with Crippen LogP contribution >= 0.6 is 0 Å². The number of allylic oxidation sites excluding steroid dienone is 4. The normalized spacial score (nSPS) is 14.1. The standard InChI is InChI=1S/C12H13NO2/c1-9(2)13-10-7-5-3-4-6-8-11(10)15-12(13)14/h3-9H,1-2H3. The van der Waals surface area contributed by atoms with E-state index in [0.717, 1.165) is 5.69 Å². The van der Waals surface area contributed by atoms with Gasteiger partial charge in [0.2, 0.25) is 0 Å². The van der Waals surface area contributed by atoms with Gasteiger partial charge in [0.15, 0.2) is 5.76 Å². The van der Waals surface area contributed by atoms with E-state index in [1.165, 1.54) is 0 Å². The van der Waals surface area contributed by atoms with Gasteiger partial charge < -0.3 is 4.42 Å². The van der Waals surface area contributed by atoms with Crippen molar-refractivity contribution in [1.29, 1.82) is 0 Å². The zero-order valence-electron chi connectivity index (χ0n) is 8.81. The number of fused-ring (bicyclic) bond motifs is 1. The molecule has 3 heteroatoms. The van der Waals surface area contributed by atoms with Crippen LogP contribution in [0.1, 0.15) is 31.3 Å². The largest absolute Gasteiger partial charge is 0.420 e. The van der Waals surface area contributed by atoms with Crippen LogP contribution in [0.2, 0.25) is 0 Å². The van der Waals surface area contributed by atoms with Crippen molar-refractivity contribution >= 4 is 12.2 Å². The molecule has 78 valence electrons. The van der Waals surface area contributed by atoms with Gasteiger partial charge in [-0.1, -0.05) is 24.3 Å². The Hall–Kier alpha value is -1.77. The third-order valence-corrected chi connectivity index (χ3v) is 2.26. The minimum atomic E-state index is -0.300. The van der Waals surface area contributed by atoms with Crippen molar-refractivity contribution in [2.24, 2.45) is 0 Å². The Morgan fingerprint density at radius 3 is 2.47 bits per heavy atom. The van der Waals surface area contributed by atoms with Gasteiger partial charge in [0, 0.05) is 6.04 Å². The summed E-state index contributed by atoms with van der Waals surface area (Å²) in [5.74, 6) is 0.320. The minimum Gasteiger partial charge on any atom is -0.408 e. The molecule has 0 saturated heterocycles. The van der Waals surface area contributed by atoms with Crippen molar-refractivity contribution < 1.29 is 4.42 Å². The summed E-state index contributed by atoms with van der Waals surface area (Å²) in [5, 5.41) is 0. The fourth-order valence-corrected chi connectivity index (χ4v) is 1.60. The molecule has 0 fully saturated rings. The van der Waals surface area contributed by atoms with Crippen molar-refractivity contribution in [2.45, 2.75) is 19.9 Å². The molecule has 0 atom stereocenters. The van der Waals surface area contributed by atoms with Crippen LogP contribution in [0.3, 0.4) is 0 Å². The molecule has 15 heavy (non-hydrogen) atoms. The van der Waals surface area contributed by atoms with E-state index >= 15 is 0 Å². The molecule has 0 bridgehead atoms. The molecule has 3 nitrogen and oxygen atoms in total. The molecule has 1 aliphatic rings. The number of oxazole rings is 1. The van der Waals surface area contributed by atoms with E-state index in [4.69, 9.17) is 4.42 Å². The van der Waals surface area contributed by atoms with Gasteiger partial charge in [0.25, 0.3) is 0 Å². The molecule has 0 aromatic carbocycles. The lowest BCUT2D eigenvalue weighted by Gasteiger charge is -2.06. The van der Waals surface area contributed by atoms with E-state index in [1.807, 2.05) is 44.2 Å². The first-order valence-corrected chi connectivity index (χ1v) is 4.97. The Bertz CT molecular complexity index is 498. The molecule has 0 unspecified atom stereocenters. The average Bonchev–Trinajstić information content (AvgIpc) is 2.42. The topological polar surface area (TPSA) is 35.1 Å². The van der Waals surface area contributed by atoms with E-state index < -0.39 is 0 Å². The summed E-state index contributed by atoms with van der Waals surface area (Å²) in [7, 11) is 0. The van der Waals surface area contributed by atoms with Crippen molar-refractivity contribution in [1.82, 2.24) is 4.57 Å². The summed E-state index contributed by atoms with van der Waals surface area (Å²) in [6.07, 6.45) is 11.3. The second kappa shape index (κ2) is 3.77. The number of aromatic nitrogens is 1. The number of rotatable bonds is 1. The van der Waals surface area contributed by atoms with Crippen LogP contribution in [-0.2, 0) is 0 Å². The Kier molecular flexibility index (Phi) is 2.46. The number of hydrogen-bond donors (Lipinski definition) is 0. The second-order valence-electron chi connectivity index (χ2n) is 3.68. The Labute approximate surface area is 88.0 Å². The van der Waals surface area contributed by atoms with Crippen LogP contribution < -0.4 is 5.76 Å². The van der Waals surface area contributed by atoms with Gasteiger partial charge in [-0.3, -0.25) is 4.57 Å². The maximum atomic E-state index is 11.6. The third kappa shape index (κ3) is 1.73. The highest BCUT2D eigenvalue weighted by Gasteiger charge is 2.14. The van der Waals surface area contributed by atoms with Crippen LogP contribution in [0, 0.1) is 0 Å². The second-order valence-corrected chi connectivity index (χ2v) is 3.68. The van der Waals surface area contributed by atoms with E-state index in [-0.39, 0.29) is 11.8 Å².